The van der Waals surface area contributed by atoms with Gasteiger partial charge >= 0.3 is 0 Å². The summed E-state index contributed by atoms with van der Waals surface area (Å²) in [5, 5.41) is 16.9. The van der Waals surface area contributed by atoms with E-state index in [2.05, 4.69) is 48.8 Å². The molecule has 3 heterocycles. The molecule has 0 radical (unpaired) electrons. The third-order valence-corrected chi connectivity index (χ3v) is 4.52. The summed E-state index contributed by atoms with van der Waals surface area (Å²) in [5.74, 6) is 2.59. The molecule has 7 nitrogen and oxygen atoms in total. The van der Waals surface area contributed by atoms with E-state index in [0.717, 1.165) is 43.6 Å². The largest absolute Gasteiger partial charge is 0.467 e. The van der Waals surface area contributed by atoms with Gasteiger partial charge in [-0.15, -0.1) is 45.5 Å². The molecule has 0 atom stereocenters. The van der Waals surface area contributed by atoms with Crippen molar-refractivity contribution in [2.45, 2.75) is 33.0 Å². The molecule has 0 aromatic carbocycles. The topological polar surface area (TPSA) is 80.3 Å². The lowest BCUT2D eigenvalue weighted by molar-refractivity contribution is 0.511. The first-order valence-electron chi connectivity index (χ1n) is 8.28. The van der Waals surface area contributed by atoms with Crippen molar-refractivity contribution in [1.29, 1.82) is 0 Å². The molecule has 0 saturated carbocycles. The summed E-state index contributed by atoms with van der Waals surface area (Å²) in [7, 11) is 0. The molecule has 0 aliphatic heterocycles. The van der Waals surface area contributed by atoms with Crippen LogP contribution in [0.4, 0.5) is 0 Å². The Morgan fingerprint density at radius 2 is 2.23 bits per heavy atom. The number of nitrogens with zero attached hydrogens (tertiary/aromatic N) is 4. The maximum Gasteiger partial charge on any atom is 0.192 e. The van der Waals surface area contributed by atoms with Crippen LogP contribution in [-0.4, -0.2) is 27.3 Å². The van der Waals surface area contributed by atoms with Crippen molar-refractivity contribution in [1.82, 2.24) is 25.4 Å². The molecule has 3 aromatic rings. The van der Waals surface area contributed by atoms with E-state index in [1.54, 1.807) is 23.9 Å². The molecule has 0 spiro atoms. The number of hydrogen-bond acceptors (Lipinski definition) is 5. The van der Waals surface area contributed by atoms with E-state index in [0.29, 0.717) is 6.54 Å². The monoisotopic (exact) mass is 486 g/mol. The fourth-order valence-corrected chi connectivity index (χ4v) is 3.00. The van der Waals surface area contributed by atoms with Gasteiger partial charge in [-0.3, -0.25) is 0 Å². The van der Waals surface area contributed by atoms with Crippen LogP contribution in [0, 0.1) is 0 Å². The first-order valence-corrected chi connectivity index (χ1v) is 9.16. The molecule has 0 fully saturated rings. The second-order valence-electron chi connectivity index (χ2n) is 5.40. The van der Waals surface area contributed by atoms with Crippen LogP contribution in [0.1, 0.15) is 23.4 Å². The number of halogens is 1. The number of guanidine groups is 1. The van der Waals surface area contributed by atoms with Crippen LogP contribution in [0.25, 0.3) is 0 Å². The molecule has 0 saturated heterocycles. The van der Waals surface area contributed by atoms with Gasteiger partial charge in [0.25, 0.3) is 0 Å². The molecule has 2 N–H and O–H groups in total. The predicted octanol–water partition coefficient (Wildman–Crippen LogP) is 3.05. The number of furan rings is 1. The Morgan fingerprint density at radius 1 is 1.31 bits per heavy atom. The Balaban J connectivity index is 0.00000243. The minimum absolute atomic E-state index is 0. The van der Waals surface area contributed by atoms with E-state index in [1.165, 1.54) is 4.88 Å². The van der Waals surface area contributed by atoms with Gasteiger partial charge in [0.05, 0.1) is 12.8 Å². The van der Waals surface area contributed by atoms with Gasteiger partial charge in [0.15, 0.2) is 5.96 Å². The van der Waals surface area contributed by atoms with Crippen molar-refractivity contribution >= 4 is 41.3 Å². The van der Waals surface area contributed by atoms with Gasteiger partial charge in [-0.25, -0.2) is 4.99 Å². The minimum atomic E-state index is 0. The van der Waals surface area contributed by atoms with Gasteiger partial charge in [-0.2, -0.15) is 0 Å². The summed E-state index contributed by atoms with van der Waals surface area (Å²) < 4.78 is 7.40. The number of aryl methyl sites for hydroxylation is 1. The molecule has 0 aliphatic carbocycles. The number of rotatable bonds is 8. The maximum atomic E-state index is 5.35. The van der Waals surface area contributed by atoms with Crippen LogP contribution in [0.5, 0.6) is 0 Å². The van der Waals surface area contributed by atoms with E-state index in [9.17, 15) is 0 Å². The zero-order valence-corrected chi connectivity index (χ0v) is 17.7. The Kier molecular flexibility index (Phi) is 8.62. The van der Waals surface area contributed by atoms with Crippen molar-refractivity contribution in [3.63, 3.8) is 0 Å². The third kappa shape index (κ3) is 6.13. The number of thiophene rings is 1. The highest BCUT2D eigenvalue weighted by Gasteiger charge is 2.04. The van der Waals surface area contributed by atoms with E-state index < -0.39 is 0 Å². The fraction of sp³-hybridized carbons (Fsp3) is 0.353. The van der Waals surface area contributed by atoms with Gasteiger partial charge in [0, 0.05) is 24.4 Å². The van der Waals surface area contributed by atoms with Crippen LogP contribution in [0.3, 0.4) is 0 Å². The van der Waals surface area contributed by atoms with E-state index >= 15 is 0 Å². The molecular weight excluding hydrogens is 463 g/mol. The van der Waals surface area contributed by atoms with Crippen molar-refractivity contribution < 1.29 is 4.42 Å². The predicted molar refractivity (Wildman–Crippen MR) is 114 cm³/mol. The van der Waals surface area contributed by atoms with Crippen LogP contribution in [-0.2, 0) is 26.1 Å². The van der Waals surface area contributed by atoms with Crippen LogP contribution in [0.15, 0.2) is 51.6 Å². The summed E-state index contributed by atoms with van der Waals surface area (Å²) >= 11 is 1.72. The fourth-order valence-electron chi connectivity index (χ4n) is 2.35. The second kappa shape index (κ2) is 11.0. The molecule has 0 bridgehead atoms. The summed E-state index contributed by atoms with van der Waals surface area (Å²) in [6, 6.07) is 7.94. The highest BCUT2D eigenvalue weighted by atomic mass is 127. The molecule has 0 unspecified atom stereocenters. The molecule has 0 amide bonds. The van der Waals surface area contributed by atoms with Crippen LogP contribution >= 0.6 is 35.3 Å². The Hall–Kier alpha value is -1.88. The van der Waals surface area contributed by atoms with Crippen molar-refractivity contribution in [3.8, 4) is 0 Å². The SMILES string of the molecule is CCc1nncn1CCNC(=NCc1ccco1)NCc1cccs1.I. The van der Waals surface area contributed by atoms with Crippen LogP contribution in [0.2, 0.25) is 0 Å². The zero-order valence-electron chi connectivity index (χ0n) is 14.6. The lowest BCUT2D eigenvalue weighted by atomic mass is 10.4. The molecule has 140 valence electrons. The number of aliphatic imine (C=N–C) groups is 1. The Labute approximate surface area is 174 Å². The maximum absolute atomic E-state index is 5.35. The Bertz CT molecular complexity index is 769. The molecule has 3 aromatic heterocycles. The highest BCUT2D eigenvalue weighted by molar-refractivity contribution is 14.0. The Morgan fingerprint density at radius 3 is 2.96 bits per heavy atom. The average Bonchev–Trinajstić information content (AvgIpc) is 3.39. The molecule has 0 aliphatic rings. The van der Waals surface area contributed by atoms with Crippen molar-refractivity contribution in [2.24, 2.45) is 4.99 Å². The first kappa shape index (κ1) is 20.4. The van der Waals surface area contributed by atoms with E-state index in [4.69, 9.17) is 4.42 Å². The second-order valence-corrected chi connectivity index (χ2v) is 6.43. The zero-order chi connectivity index (χ0) is 17.3. The average molecular weight is 486 g/mol. The summed E-state index contributed by atoms with van der Waals surface area (Å²) in [4.78, 5) is 5.86. The van der Waals surface area contributed by atoms with Gasteiger partial charge < -0.3 is 19.6 Å². The first-order chi connectivity index (χ1) is 12.3. The summed E-state index contributed by atoms with van der Waals surface area (Å²) in [6.45, 7) is 4.84. The van der Waals surface area contributed by atoms with Crippen LogP contribution < -0.4 is 10.6 Å². The quantitative estimate of drug-likeness (QED) is 0.291. The van der Waals surface area contributed by atoms with E-state index in [-0.39, 0.29) is 24.0 Å². The normalized spacial score (nSPS) is 11.2. The minimum Gasteiger partial charge on any atom is -0.467 e. The lowest BCUT2D eigenvalue weighted by Gasteiger charge is -2.12. The molecule has 3 rings (SSSR count). The lowest BCUT2D eigenvalue weighted by Crippen LogP contribution is -2.38. The van der Waals surface area contributed by atoms with Crippen molar-refractivity contribution in [2.75, 3.05) is 6.54 Å². The summed E-state index contributed by atoms with van der Waals surface area (Å²) in [5.41, 5.74) is 0. The van der Waals surface area contributed by atoms with Gasteiger partial charge in [-0.1, -0.05) is 13.0 Å². The molecule has 9 heteroatoms. The van der Waals surface area contributed by atoms with Gasteiger partial charge in [0.2, 0.25) is 0 Å². The molecular formula is C17H23IN6OS. The van der Waals surface area contributed by atoms with Gasteiger partial charge in [0.1, 0.15) is 24.5 Å². The van der Waals surface area contributed by atoms with Gasteiger partial charge in [-0.05, 0) is 23.6 Å². The smallest absolute Gasteiger partial charge is 0.192 e. The number of aromatic nitrogens is 3. The van der Waals surface area contributed by atoms with E-state index in [1.807, 2.05) is 18.2 Å². The third-order valence-electron chi connectivity index (χ3n) is 3.64. The number of nitrogens with one attached hydrogen (secondary N) is 2. The highest BCUT2D eigenvalue weighted by Crippen LogP contribution is 2.07. The molecule has 26 heavy (non-hydrogen) atoms. The number of hydrogen-bond donors (Lipinski definition) is 2. The summed E-state index contributed by atoms with van der Waals surface area (Å²) in [6.07, 6.45) is 4.30. The van der Waals surface area contributed by atoms with Crippen molar-refractivity contribution in [3.05, 3.63) is 58.7 Å². The standard InChI is InChI=1S/C17H22N6OS.HI/c1-2-16-22-21-13-23(16)8-7-18-17(19-11-14-5-3-9-24-14)20-12-15-6-4-10-25-15;/h3-6,9-10,13H,2,7-8,11-12H2,1H3,(H2,18,19,20);1H.